The number of carbonyl (C=O) groups excluding carboxylic acids is 2. The number of piperidine rings is 1. The Morgan fingerprint density at radius 1 is 1.18 bits per heavy atom. The predicted octanol–water partition coefficient (Wildman–Crippen LogP) is 4.64. The van der Waals surface area contributed by atoms with Gasteiger partial charge in [-0.2, -0.15) is 0 Å². The topological polar surface area (TPSA) is 74.6 Å². The van der Waals surface area contributed by atoms with Gasteiger partial charge in [0.1, 0.15) is 11.5 Å². The number of amides is 3. The maximum Gasteiger partial charge on any atom is 0.319 e. The van der Waals surface area contributed by atoms with Gasteiger partial charge in [0.05, 0.1) is 10.0 Å². The Morgan fingerprint density at radius 3 is 2.54 bits per heavy atom. The van der Waals surface area contributed by atoms with Crippen LogP contribution in [-0.2, 0) is 0 Å². The van der Waals surface area contributed by atoms with E-state index in [0.29, 0.717) is 30.2 Å². The quantitative estimate of drug-likeness (QED) is 0.716. The number of carbonyl (C=O) groups is 2. The molecule has 1 aromatic carbocycles. The number of anilines is 1. The molecule has 2 N–H and O–H groups in total. The molecule has 1 aromatic heterocycles. The molecule has 2 heterocycles. The second kappa shape index (κ2) is 8.82. The minimum absolute atomic E-state index is 0.0185. The highest BCUT2D eigenvalue weighted by Gasteiger charge is 2.29. The van der Waals surface area contributed by atoms with Crippen molar-refractivity contribution in [1.29, 1.82) is 0 Å². The highest BCUT2D eigenvalue weighted by molar-refractivity contribution is 9.10. The summed E-state index contributed by atoms with van der Waals surface area (Å²) in [4.78, 5) is 26.9. The van der Waals surface area contributed by atoms with Gasteiger partial charge in [0.2, 0.25) is 0 Å². The summed E-state index contributed by atoms with van der Waals surface area (Å²) >= 11 is 3.46. The lowest BCUT2D eigenvalue weighted by molar-refractivity contribution is 0.0672. The molecule has 3 amide bonds. The average Bonchev–Trinajstić information content (AvgIpc) is 2.93. The van der Waals surface area contributed by atoms with Crippen LogP contribution in [0.3, 0.4) is 0 Å². The molecule has 3 rings (SSSR count). The molecule has 28 heavy (non-hydrogen) atoms. The first-order valence-electron chi connectivity index (χ1n) is 9.51. The number of aryl methyl sites for hydroxylation is 3. The van der Waals surface area contributed by atoms with Crippen molar-refractivity contribution in [2.75, 3.05) is 25.0 Å². The first kappa shape index (κ1) is 20.5. The predicted molar refractivity (Wildman–Crippen MR) is 113 cm³/mol. The number of hydrogen-bond acceptors (Lipinski definition) is 3. The fraction of sp³-hybridized carbons (Fsp3) is 0.429. The van der Waals surface area contributed by atoms with E-state index in [1.807, 2.05) is 49.9 Å². The van der Waals surface area contributed by atoms with Crippen LogP contribution in [0.5, 0.6) is 0 Å². The largest absolute Gasteiger partial charge is 0.465 e. The second-order valence-corrected chi connectivity index (χ2v) is 8.16. The molecular weight excluding hydrogens is 422 g/mol. The van der Waals surface area contributed by atoms with E-state index in [1.165, 1.54) is 0 Å². The third-order valence-electron chi connectivity index (χ3n) is 5.07. The van der Waals surface area contributed by atoms with Crippen LogP contribution in [-0.4, -0.2) is 36.5 Å². The van der Waals surface area contributed by atoms with E-state index in [9.17, 15) is 9.59 Å². The summed E-state index contributed by atoms with van der Waals surface area (Å²) in [6, 6.07) is 7.44. The monoisotopic (exact) mass is 447 g/mol. The molecule has 1 saturated heterocycles. The van der Waals surface area contributed by atoms with Crippen molar-refractivity contribution in [2.24, 2.45) is 5.92 Å². The fourth-order valence-corrected chi connectivity index (χ4v) is 4.05. The number of nitrogens with zero attached hydrogens (tertiary/aromatic N) is 1. The van der Waals surface area contributed by atoms with Crippen LogP contribution in [0, 0.1) is 26.7 Å². The van der Waals surface area contributed by atoms with E-state index < -0.39 is 0 Å². The molecule has 0 radical (unpaired) electrons. The number of urea groups is 1. The van der Waals surface area contributed by atoms with Gasteiger partial charge in [-0.15, -0.1) is 0 Å². The molecule has 150 valence electrons. The molecule has 0 spiro atoms. The summed E-state index contributed by atoms with van der Waals surface area (Å²) in [5.74, 6) is 1.56. The van der Waals surface area contributed by atoms with Gasteiger partial charge in [-0.3, -0.25) is 4.79 Å². The van der Waals surface area contributed by atoms with Gasteiger partial charge in [0.15, 0.2) is 0 Å². The number of hydrogen-bond donors (Lipinski definition) is 2. The van der Waals surface area contributed by atoms with Gasteiger partial charge in [-0.05, 0) is 67.6 Å². The molecule has 1 aliphatic heterocycles. The van der Waals surface area contributed by atoms with Crippen LogP contribution >= 0.6 is 15.9 Å². The summed E-state index contributed by atoms with van der Waals surface area (Å²) in [7, 11) is 0. The zero-order valence-electron chi connectivity index (χ0n) is 16.5. The molecule has 1 unspecified atom stereocenters. The standard InChI is InChI=1S/C21H26BrN3O3/c1-13-6-8-17(9-7-13)24-21(27)23-11-16-5-4-10-25(12-16)20(26)18-14(2)28-15(3)19(18)22/h6-9,16H,4-5,10-12H2,1-3H3,(H2,23,24,27). The van der Waals surface area contributed by atoms with Gasteiger partial charge in [-0.1, -0.05) is 17.7 Å². The van der Waals surface area contributed by atoms with Crippen molar-refractivity contribution < 1.29 is 14.0 Å². The summed E-state index contributed by atoms with van der Waals surface area (Å²) in [5.41, 5.74) is 2.51. The summed E-state index contributed by atoms with van der Waals surface area (Å²) in [6.07, 6.45) is 1.91. The summed E-state index contributed by atoms with van der Waals surface area (Å²) < 4.78 is 6.30. The Bertz CT molecular complexity index is 861. The summed E-state index contributed by atoms with van der Waals surface area (Å²) in [6.45, 7) is 7.53. The first-order chi connectivity index (χ1) is 13.3. The van der Waals surface area contributed by atoms with Crippen molar-refractivity contribution in [1.82, 2.24) is 10.2 Å². The Kier molecular flexibility index (Phi) is 6.44. The van der Waals surface area contributed by atoms with Crippen LogP contribution in [0.4, 0.5) is 10.5 Å². The van der Waals surface area contributed by atoms with Crippen molar-refractivity contribution in [2.45, 2.75) is 33.6 Å². The van der Waals surface area contributed by atoms with Crippen LogP contribution in [0.2, 0.25) is 0 Å². The molecule has 1 aliphatic rings. The Labute approximate surface area is 173 Å². The molecule has 0 saturated carbocycles. The molecule has 2 aromatic rings. The molecule has 7 heteroatoms. The van der Waals surface area contributed by atoms with Crippen LogP contribution < -0.4 is 10.6 Å². The lowest BCUT2D eigenvalue weighted by Crippen LogP contribution is -2.44. The number of nitrogens with one attached hydrogen (secondary N) is 2. The van der Waals surface area contributed by atoms with E-state index in [0.717, 1.165) is 35.1 Å². The minimum atomic E-state index is -0.226. The smallest absolute Gasteiger partial charge is 0.319 e. The van der Waals surface area contributed by atoms with Gasteiger partial charge in [0.25, 0.3) is 5.91 Å². The van der Waals surface area contributed by atoms with Crippen molar-refractivity contribution in [3.05, 3.63) is 51.4 Å². The number of halogens is 1. The Hall–Kier alpha value is -2.28. The Morgan fingerprint density at radius 2 is 1.89 bits per heavy atom. The third kappa shape index (κ3) is 4.76. The molecular formula is C21H26BrN3O3. The summed E-state index contributed by atoms with van der Waals surface area (Å²) in [5, 5.41) is 5.76. The maximum atomic E-state index is 12.9. The number of furan rings is 1. The highest BCUT2D eigenvalue weighted by atomic mass is 79.9. The van der Waals surface area contributed by atoms with Crippen molar-refractivity contribution in [3.8, 4) is 0 Å². The maximum absolute atomic E-state index is 12.9. The van der Waals surface area contributed by atoms with Gasteiger partial charge < -0.3 is 20.0 Å². The van der Waals surface area contributed by atoms with Crippen molar-refractivity contribution in [3.63, 3.8) is 0 Å². The molecule has 6 nitrogen and oxygen atoms in total. The van der Waals surface area contributed by atoms with E-state index >= 15 is 0 Å². The SMILES string of the molecule is Cc1ccc(NC(=O)NCC2CCCN(C(=O)c3c(C)oc(C)c3Br)C2)cc1. The van der Waals surface area contributed by atoms with Crippen LogP contribution in [0.1, 0.15) is 40.3 Å². The minimum Gasteiger partial charge on any atom is -0.465 e. The van der Waals surface area contributed by atoms with Crippen LogP contribution in [0.15, 0.2) is 33.2 Å². The number of rotatable bonds is 4. The van der Waals surface area contributed by atoms with Gasteiger partial charge in [-0.25, -0.2) is 4.79 Å². The normalized spacial score (nSPS) is 16.7. The van der Waals surface area contributed by atoms with E-state index in [-0.39, 0.29) is 17.9 Å². The zero-order chi connectivity index (χ0) is 20.3. The first-order valence-corrected chi connectivity index (χ1v) is 10.3. The molecule has 1 fully saturated rings. The van der Waals surface area contributed by atoms with Crippen molar-refractivity contribution >= 4 is 33.6 Å². The van der Waals surface area contributed by atoms with Gasteiger partial charge in [0, 0.05) is 25.3 Å². The average molecular weight is 448 g/mol. The van der Waals surface area contributed by atoms with E-state index in [4.69, 9.17) is 4.42 Å². The molecule has 1 atom stereocenters. The fourth-order valence-electron chi connectivity index (χ4n) is 3.52. The molecule has 0 bridgehead atoms. The van der Waals surface area contributed by atoms with Crippen LogP contribution in [0.25, 0.3) is 0 Å². The van der Waals surface area contributed by atoms with Gasteiger partial charge >= 0.3 is 6.03 Å². The Balaban J connectivity index is 1.54. The highest BCUT2D eigenvalue weighted by Crippen LogP contribution is 2.29. The van der Waals surface area contributed by atoms with E-state index in [2.05, 4.69) is 26.6 Å². The van der Waals surface area contributed by atoms with E-state index in [1.54, 1.807) is 0 Å². The third-order valence-corrected chi connectivity index (χ3v) is 6.02. The number of benzene rings is 1. The molecule has 0 aliphatic carbocycles. The second-order valence-electron chi connectivity index (χ2n) is 7.36. The zero-order valence-corrected chi connectivity index (χ0v) is 18.1. The lowest BCUT2D eigenvalue weighted by atomic mass is 9.97. The number of likely N-dealkylation sites (tertiary alicyclic amines) is 1. The lowest BCUT2D eigenvalue weighted by Gasteiger charge is -2.33.